The van der Waals surface area contributed by atoms with Gasteiger partial charge in [-0.25, -0.2) is 4.79 Å². The van der Waals surface area contributed by atoms with Crippen molar-refractivity contribution in [3.8, 4) is 0 Å². The zero-order valence-electron chi connectivity index (χ0n) is 11.3. The third kappa shape index (κ3) is 3.99. The first-order valence-electron chi connectivity index (χ1n) is 6.48. The maximum absolute atomic E-state index is 10.8. The summed E-state index contributed by atoms with van der Waals surface area (Å²) in [5.41, 5.74) is 0. The minimum absolute atomic E-state index is 0.334. The smallest absolute Gasteiger partial charge is 0.332 e. The maximum Gasteiger partial charge on any atom is 0.332 e. The molecule has 2 unspecified atom stereocenters. The zero-order valence-corrected chi connectivity index (χ0v) is 11.3. The van der Waals surface area contributed by atoms with Crippen LogP contribution in [-0.4, -0.2) is 54.3 Å². The Bertz CT molecular complexity index is 435. The van der Waals surface area contributed by atoms with Crippen LogP contribution in [0.15, 0.2) is 4.52 Å². The molecule has 0 aromatic carbocycles. The summed E-state index contributed by atoms with van der Waals surface area (Å²) in [4.78, 5) is 15.0. The predicted octanol–water partition coefficient (Wildman–Crippen LogP) is 0.580. The molecule has 0 saturated carbocycles. The fourth-order valence-corrected chi connectivity index (χ4v) is 1.91. The Morgan fingerprint density at radius 1 is 1.40 bits per heavy atom. The maximum atomic E-state index is 10.8. The molecular weight excluding hydrogens is 268 g/mol. The Hall–Kier alpha value is -1.51. The van der Waals surface area contributed by atoms with Crippen LogP contribution in [0.5, 0.6) is 0 Å². The Morgan fingerprint density at radius 2 is 2.25 bits per heavy atom. The van der Waals surface area contributed by atoms with E-state index >= 15 is 0 Å². The Kier molecular flexibility index (Phi) is 5.45. The second-order valence-electron chi connectivity index (χ2n) is 4.43. The van der Waals surface area contributed by atoms with Crippen molar-refractivity contribution in [1.29, 1.82) is 0 Å². The van der Waals surface area contributed by atoms with Gasteiger partial charge in [0, 0.05) is 13.5 Å². The number of hydrogen-bond acceptors (Lipinski definition) is 7. The molecule has 1 aliphatic heterocycles. The largest absolute Gasteiger partial charge is 0.479 e. The topological polar surface area (TPSA) is 104 Å². The van der Waals surface area contributed by atoms with E-state index in [2.05, 4.69) is 10.1 Å². The molecule has 8 heteroatoms. The molecule has 1 aromatic heterocycles. The average Bonchev–Trinajstić information content (AvgIpc) is 3.07. The molecule has 1 N–H and O–H groups in total. The van der Waals surface area contributed by atoms with E-state index < -0.39 is 18.2 Å². The zero-order chi connectivity index (χ0) is 14.4. The SMILES string of the molecule is COCCOCCc1noc(C2CCC(C(=O)O)O2)n1. The minimum atomic E-state index is -0.959. The van der Waals surface area contributed by atoms with E-state index in [0.29, 0.717) is 50.8 Å². The molecule has 1 fully saturated rings. The summed E-state index contributed by atoms with van der Waals surface area (Å²) >= 11 is 0. The molecule has 8 nitrogen and oxygen atoms in total. The van der Waals surface area contributed by atoms with Crippen molar-refractivity contribution in [1.82, 2.24) is 10.1 Å². The van der Waals surface area contributed by atoms with Crippen molar-refractivity contribution >= 4 is 5.97 Å². The van der Waals surface area contributed by atoms with Gasteiger partial charge in [0.2, 0.25) is 0 Å². The lowest BCUT2D eigenvalue weighted by Gasteiger charge is -2.05. The van der Waals surface area contributed by atoms with E-state index in [1.54, 1.807) is 7.11 Å². The van der Waals surface area contributed by atoms with Crippen LogP contribution in [0.4, 0.5) is 0 Å². The van der Waals surface area contributed by atoms with E-state index in [9.17, 15) is 4.79 Å². The lowest BCUT2D eigenvalue weighted by molar-refractivity contribution is -0.150. The van der Waals surface area contributed by atoms with E-state index in [1.807, 2.05) is 0 Å². The van der Waals surface area contributed by atoms with Gasteiger partial charge in [0.1, 0.15) is 6.10 Å². The van der Waals surface area contributed by atoms with Crippen molar-refractivity contribution in [2.24, 2.45) is 0 Å². The van der Waals surface area contributed by atoms with Gasteiger partial charge in [0.25, 0.3) is 5.89 Å². The van der Waals surface area contributed by atoms with Crippen molar-refractivity contribution in [2.75, 3.05) is 26.9 Å². The van der Waals surface area contributed by atoms with Crippen molar-refractivity contribution < 1.29 is 28.6 Å². The number of ether oxygens (including phenoxy) is 3. The van der Waals surface area contributed by atoms with Crippen LogP contribution in [-0.2, 0) is 25.4 Å². The molecular formula is C12H18N2O6. The third-order valence-corrected chi connectivity index (χ3v) is 2.96. The summed E-state index contributed by atoms with van der Waals surface area (Å²) in [6, 6.07) is 0. The molecule has 1 saturated heterocycles. The molecule has 112 valence electrons. The van der Waals surface area contributed by atoms with Gasteiger partial charge in [-0.05, 0) is 12.8 Å². The van der Waals surface area contributed by atoms with Gasteiger partial charge in [-0.1, -0.05) is 5.16 Å². The van der Waals surface area contributed by atoms with Crippen molar-refractivity contribution in [3.05, 3.63) is 11.7 Å². The normalized spacial score (nSPS) is 22.2. The molecule has 0 amide bonds. The first-order valence-corrected chi connectivity index (χ1v) is 6.48. The quantitative estimate of drug-likeness (QED) is 0.692. The lowest BCUT2D eigenvalue weighted by atomic mass is 10.2. The number of aromatic nitrogens is 2. The number of nitrogens with zero attached hydrogens (tertiary/aromatic N) is 2. The number of carboxylic acids is 1. The van der Waals surface area contributed by atoms with Gasteiger partial charge in [-0.15, -0.1) is 0 Å². The monoisotopic (exact) mass is 286 g/mol. The number of methoxy groups -OCH3 is 1. The first kappa shape index (κ1) is 14.9. The summed E-state index contributed by atoms with van der Waals surface area (Å²) < 4.78 is 20.6. The van der Waals surface area contributed by atoms with Gasteiger partial charge in [-0.3, -0.25) is 0 Å². The standard InChI is InChI=1S/C12H18N2O6/c1-17-6-7-18-5-4-10-13-11(20-14-10)8-2-3-9(19-8)12(15)16/h8-9H,2-7H2,1H3,(H,15,16). The molecule has 2 atom stereocenters. The fraction of sp³-hybridized carbons (Fsp3) is 0.750. The van der Waals surface area contributed by atoms with Crippen LogP contribution >= 0.6 is 0 Å². The number of rotatable bonds is 8. The molecule has 0 aliphatic carbocycles. The summed E-state index contributed by atoms with van der Waals surface area (Å²) in [5, 5.41) is 12.7. The van der Waals surface area contributed by atoms with Crippen molar-refractivity contribution in [2.45, 2.75) is 31.5 Å². The molecule has 1 aromatic rings. The van der Waals surface area contributed by atoms with Crippen LogP contribution in [0.3, 0.4) is 0 Å². The highest BCUT2D eigenvalue weighted by atomic mass is 16.6. The van der Waals surface area contributed by atoms with E-state index in [1.165, 1.54) is 0 Å². The Balaban J connectivity index is 1.76. The van der Waals surface area contributed by atoms with Gasteiger partial charge >= 0.3 is 5.97 Å². The molecule has 0 bridgehead atoms. The summed E-state index contributed by atoms with van der Waals surface area (Å²) in [6.07, 6.45) is 0.350. The number of carboxylic acid groups (broad SMARTS) is 1. The second kappa shape index (κ2) is 7.32. The third-order valence-electron chi connectivity index (χ3n) is 2.96. The number of carbonyl (C=O) groups is 1. The van der Waals surface area contributed by atoms with Crippen LogP contribution in [0.2, 0.25) is 0 Å². The first-order chi connectivity index (χ1) is 9.70. The molecule has 1 aliphatic rings. The average molecular weight is 286 g/mol. The lowest BCUT2D eigenvalue weighted by Crippen LogP contribution is -2.18. The predicted molar refractivity (Wildman–Crippen MR) is 65.2 cm³/mol. The van der Waals surface area contributed by atoms with E-state index in [0.717, 1.165) is 0 Å². The summed E-state index contributed by atoms with van der Waals surface area (Å²) in [6.45, 7) is 1.54. The van der Waals surface area contributed by atoms with E-state index in [-0.39, 0.29) is 0 Å². The van der Waals surface area contributed by atoms with Crippen LogP contribution in [0.1, 0.15) is 30.7 Å². The molecule has 2 heterocycles. The minimum Gasteiger partial charge on any atom is -0.479 e. The highest BCUT2D eigenvalue weighted by molar-refractivity contribution is 5.72. The van der Waals surface area contributed by atoms with Gasteiger partial charge in [-0.2, -0.15) is 4.98 Å². The molecule has 0 spiro atoms. The van der Waals surface area contributed by atoms with Crippen LogP contribution in [0.25, 0.3) is 0 Å². The Labute approximate surface area is 116 Å². The molecule has 0 radical (unpaired) electrons. The van der Waals surface area contributed by atoms with Gasteiger partial charge in [0.15, 0.2) is 11.9 Å². The number of aliphatic carboxylic acids is 1. The molecule has 2 rings (SSSR count). The number of hydrogen-bond donors (Lipinski definition) is 1. The summed E-state index contributed by atoms with van der Waals surface area (Å²) in [5.74, 6) is -0.0979. The highest BCUT2D eigenvalue weighted by Gasteiger charge is 2.34. The molecule has 20 heavy (non-hydrogen) atoms. The van der Waals surface area contributed by atoms with E-state index in [4.69, 9.17) is 23.8 Å². The Morgan fingerprint density at radius 3 is 2.95 bits per heavy atom. The van der Waals surface area contributed by atoms with Crippen LogP contribution < -0.4 is 0 Å². The van der Waals surface area contributed by atoms with Gasteiger partial charge in [0.05, 0.1) is 19.8 Å². The second-order valence-corrected chi connectivity index (χ2v) is 4.43. The van der Waals surface area contributed by atoms with Crippen molar-refractivity contribution in [3.63, 3.8) is 0 Å². The van der Waals surface area contributed by atoms with Gasteiger partial charge < -0.3 is 23.8 Å². The summed E-state index contributed by atoms with van der Waals surface area (Å²) in [7, 11) is 1.61. The van der Waals surface area contributed by atoms with Crippen LogP contribution in [0, 0.1) is 0 Å². The highest BCUT2D eigenvalue weighted by Crippen LogP contribution is 2.31. The fourth-order valence-electron chi connectivity index (χ4n) is 1.91.